The summed E-state index contributed by atoms with van der Waals surface area (Å²) in [5.74, 6) is -1.91. The van der Waals surface area contributed by atoms with Gasteiger partial charge in [-0.05, 0) is 39.0 Å². The molecule has 2 aromatic rings. The molecule has 0 amide bonds. The van der Waals surface area contributed by atoms with E-state index < -0.39 is 23.2 Å². The van der Waals surface area contributed by atoms with Gasteiger partial charge in [0.2, 0.25) is 0 Å². The maximum Gasteiger partial charge on any atom is 0.335 e. The summed E-state index contributed by atoms with van der Waals surface area (Å²) < 4.78 is 33.1. The Balaban J connectivity index is 2.31. The molecule has 0 fully saturated rings. The second kappa shape index (κ2) is 5.55. The van der Waals surface area contributed by atoms with E-state index in [0.29, 0.717) is 11.5 Å². The van der Waals surface area contributed by atoms with Gasteiger partial charge in [0.15, 0.2) is 0 Å². The van der Waals surface area contributed by atoms with Crippen LogP contribution in [0.25, 0.3) is 0 Å². The fourth-order valence-electron chi connectivity index (χ4n) is 2.21. The number of carboxylic acids is 1. The topological polar surface area (TPSA) is 62.5 Å². The molecule has 6 heteroatoms. The lowest BCUT2D eigenvalue weighted by atomic mass is 10.1. The van der Waals surface area contributed by atoms with E-state index in [2.05, 4.69) is 5.32 Å². The summed E-state index contributed by atoms with van der Waals surface area (Å²) >= 11 is 0. The first-order chi connectivity index (χ1) is 9.79. The summed E-state index contributed by atoms with van der Waals surface area (Å²) in [5, 5.41) is 11.5. The summed E-state index contributed by atoms with van der Waals surface area (Å²) in [6.45, 7) is 5.29. The van der Waals surface area contributed by atoms with E-state index in [1.165, 1.54) is 0 Å². The fourth-order valence-corrected chi connectivity index (χ4v) is 2.21. The number of hydrogen-bond acceptors (Lipinski definition) is 3. The summed E-state index contributed by atoms with van der Waals surface area (Å²) in [7, 11) is 0. The number of aryl methyl sites for hydroxylation is 2. The molecule has 1 aromatic carbocycles. The van der Waals surface area contributed by atoms with Crippen molar-refractivity contribution in [3.63, 3.8) is 0 Å². The van der Waals surface area contributed by atoms with Gasteiger partial charge < -0.3 is 14.8 Å². The van der Waals surface area contributed by atoms with Crippen molar-refractivity contribution in [3.8, 4) is 0 Å². The molecule has 112 valence electrons. The minimum atomic E-state index is -1.38. The van der Waals surface area contributed by atoms with Crippen LogP contribution in [-0.4, -0.2) is 11.1 Å². The minimum absolute atomic E-state index is 0.356. The Hall–Kier alpha value is -2.37. The van der Waals surface area contributed by atoms with Gasteiger partial charge in [-0.2, -0.15) is 0 Å². The number of aromatic carboxylic acids is 1. The molecule has 0 aliphatic heterocycles. The lowest BCUT2D eigenvalue weighted by molar-refractivity contribution is 0.0696. The van der Waals surface area contributed by atoms with Crippen LogP contribution in [0.2, 0.25) is 0 Å². The summed E-state index contributed by atoms with van der Waals surface area (Å²) in [5.41, 5.74) is -0.00194. The van der Waals surface area contributed by atoms with Gasteiger partial charge in [0.05, 0.1) is 11.6 Å². The molecule has 0 spiro atoms. The predicted octanol–water partition coefficient (Wildman–Crippen LogP) is 4.05. The van der Waals surface area contributed by atoms with Crippen molar-refractivity contribution in [2.24, 2.45) is 0 Å². The van der Waals surface area contributed by atoms with Crippen LogP contribution in [-0.2, 0) is 0 Å². The zero-order valence-electron chi connectivity index (χ0n) is 11.8. The zero-order chi connectivity index (χ0) is 15.7. The Bertz CT molecular complexity index is 671. The molecule has 1 heterocycles. The normalized spacial score (nSPS) is 12.2. The van der Waals surface area contributed by atoms with Crippen LogP contribution < -0.4 is 5.32 Å². The molecular weight excluding hydrogens is 280 g/mol. The second-order valence-electron chi connectivity index (χ2n) is 4.85. The maximum absolute atomic E-state index is 13.9. The summed E-state index contributed by atoms with van der Waals surface area (Å²) in [4.78, 5) is 10.7. The smallest absolute Gasteiger partial charge is 0.335 e. The van der Waals surface area contributed by atoms with Crippen molar-refractivity contribution < 1.29 is 23.1 Å². The van der Waals surface area contributed by atoms with Crippen LogP contribution in [0.15, 0.2) is 22.6 Å². The van der Waals surface area contributed by atoms with Crippen molar-refractivity contribution in [2.75, 3.05) is 5.32 Å². The number of furan rings is 1. The lowest BCUT2D eigenvalue weighted by Gasteiger charge is -2.16. The van der Waals surface area contributed by atoms with Gasteiger partial charge in [-0.25, -0.2) is 13.6 Å². The molecule has 2 rings (SSSR count). The SMILES string of the molecule is Cc1cc(C(C)Nc2c(F)cc(C(=O)O)cc2F)c(C)o1. The number of benzene rings is 1. The Morgan fingerprint density at radius 2 is 1.81 bits per heavy atom. The van der Waals surface area contributed by atoms with Crippen LogP contribution in [0, 0.1) is 25.5 Å². The van der Waals surface area contributed by atoms with Crippen LogP contribution >= 0.6 is 0 Å². The Labute approximate surface area is 120 Å². The highest BCUT2D eigenvalue weighted by atomic mass is 19.1. The zero-order valence-corrected chi connectivity index (χ0v) is 11.8. The van der Waals surface area contributed by atoms with Crippen molar-refractivity contribution in [1.82, 2.24) is 0 Å². The fraction of sp³-hybridized carbons (Fsp3) is 0.267. The molecule has 0 aliphatic carbocycles. The number of carboxylic acid groups (broad SMARTS) is 1. The van der Waals surface area contributed by atoms with E-state index in [9.17, 15) is 13.6 Å². The number of hydrogen-bond donors (Lipinski definition) is 2. The van der Waals surface area contributed by atoms with Crippen LogP contribution in [0.1, 0.15) is 40.4 Å². The van der Waals surface area contributed by atoms with Gasteiger partial charge in [-0.1, -0.05) is 0 Å². The number of carbonyl (C=O) groups is 1. The van der Waals surface area contributed by atoms with E-state index >= 15 is 0 Å². The average molecular weight is 295 g/mol. The molecule has 0 radical (unpaired) electrons. The highest BCUT2D eigenvalue weighted by Gasteiger charge is 2.19. The van der Waals surface area contributed by atoms with Gasteiger partial charge in [0, 0.05) is 5.56 Å². The molecule has 0 saturated carbocycles. The third-order valence-corrected chi connectivity index (χ3v) is 3.20. The molecule has 2 N–H and O–H groups in total. The molecule has 1 unspecified atom stereocenters. The first kappa shape index (κ1) is 15.0. The standard InChI is InChI=1S/C15H15F2NO3/c1-7-4-11(9(3)21-7)8(2)18-14-12(16)5-10(15(19)20)6-13(14)17/h4-6,8,18H,1-3H3,(H,19,20). The van der Waals surface area contributed by atoms with Gasteiger partial charge in [-0.15, -0.1) is 0 Å². The van der Waals surface area contributed by atoms with E-state index in [4.69, 9.17) is 9.52 Å². The Kier molecular flexibility index (Phi) is 3.97. The van der Waals surface area contributed by atoms with Gasteiger partial charge >= 0.3 is 5.97 Å². The van der Waals surface area contributed by atoms with Crippen LogP contribution in [0.3, 0.4) is 0 Å². The quantitative estimate of drug-likeness (QED) is 0.893. The molecule has 0 aliphatic rings. The van der Waals surface area contributed by atoms with Crippen LogP contribution in [0.4, 0.5) is 14.5 Å². The van der Waals surface area contributed by atoms with E-state index in [-0.39, 0.29) is 11.7 Å². The molecule has 1 aromatic heterocycles. The third-order valence-electron chi connectivity index (χ3n) is 3.20. The van der Waals surface area contributed by atoms with Gasteiger partial charge in [-0.3, -0.25) is 0 Å². The summed E-state index contributed by atoms with van der Waals surface area (Å²) in [6.07, 6.45) is 0. The number of rotatable bonds is 4. The first-order valence-corrected chi connectivity index (χ1v) is 6.35. The average Bonchev–Trinajstić information content (AvgIpc) is 2.72. The van der Waals surface area contributed by atoms with Gasteiger partial charge in [0.1, 0.15) is 28.8 Å². The molecule has 4 nitrogen and oxygen atoms in total. The van der Waals surface area contributed by atoms with E-state index in [1.807, 2.05) is 0 Å². The Morgan fingerprint density at radius 3 is 2.24 bits per heavy atom. The predicted molar refractivity (Wildman–Crippen MR) is 73.5 cm³/mol. The van der Waals surface area contributed by atoms with Crippen molar-refractivity contribution in [2.45, 2.75) is 26.8 Å². The number of nitrogens with one attached hydrogen (secondary N) is 1. The first-order valence-electron chi connectivity index (χ1n) is 6.35. The highest BCUT2D eigenvalue weighted by molar-refractivity contribution is 5.88. The number of halogens is 2. The van der Waals surface area contributed by atoms with Crippen molar-refractivity contribution in [3.05, 3.63) is 52.5 Å². The molecule has 0 saturated heterocycles. The molecule has 1 atom stereocenters. The largest absolute Gasteiger partial charge is 0.478 e. The Morgan fingerprint density at radius 1 is 1.24 bits per heavy atom. The van der Waals surface area contributed by atoms with Crippen molar-refractivity contribution in [1.29, 1.82) is 0 Å². The molecular formula is C15H15F2NO3. The second-order valence-corrected chi connectivity index (χ2v) is 4.85. The number of anilines is 1. The third kappa shape index (κ3) is 3.04. The lowest BCUT2D eigenvalue weighted by Crippen LogP contribution is -2.11. The van der Waals surface area contributed by atoms with Gasteiger partial charge in [0.25, 0.3) is 0 Å². The van der Waals surface area contributed by atoms with Crippen LogP contribution in [0.5, 0.6) is 0 Å². The monoisotopic (exact) mass is 295 g/mol. The minimum Gasteiger partial charge on any atom is -0.478 e. The maximum atomic E-state index is 13.9. The van der Waals surface area contributed by atoms with E-state index in [1.54, 1.807) is 26.8 Å². The molecule has 21 heavy (non-hydrogen) atoms. The van der Waals surface area contributed by atoms with Crippen molar-refractivity contribution >= 4 is 11.7 Å². The molecule has 0 bridgehead atoms. The summed E-state index contributed by atoms with van der Waals surface area (Å²) in [6, 6.07) is 2.97. The highest BCUT2D eigenvalue weighted by Crippen LogP contribution is 2.28. The van der Waals surface area contributed by atoms with E-state index in [0.717, 1.165) is 17.7 Å².